The van der Waals surface area contributed by atoms with Gasteiger partial charge in [-0.25, -0.2) is 4.79 Å². The first-order valence-corrected chi connectivity index (χ1v) is 9.23. The fourth-order valence-electron chi connectivity index (χ4n) is 3.45. The number of nitrogens with zero attached hydrogens (tertiary/aromatic N) is 2. The van der Waals surface area contributed by atoms with Gasteiger partial charge < -0.3 is 9.68 Å². The molecule has 1 fully saturated rings. The molecule has 2 heterocycles. The Kier molecular flexibility index (Phi) is 4.81. The molecule has 0 aromatic heterocycles. The zero-order valence-electron chi connectivity index (χ0n) is 15.4. The highest BCUT2D eigenvalue weighted by Crippen LogP contribution is 2.36. The van der Waals surface area contributed by atoms with Crippen LogP contribution in [0.25, 0.3) is 0 Å². The molecular formula is C21H23N3O3. The number of nitrogens with one attached hydrogen (secondary N) is 1. The van der Waals surface area contributed by atoms with E-state index in [2.05, 4.69) is 22.6 Å². The smallest absolute Gasteiger partial charge is 0.388 e. The van der Waals surface area contributed by atoms with E-state index in [0.717, 1.165) is 41.8 Å². The summed E-state index contributed by atoms with van der Waals surface area (Å²) < 4.78 is 0. The maximum absolute atomic E-state index is 12.1. The van der Waals surface area contributed by atoms with E-state index >= 15 is 0 Å². The van der Waals surface area contributed by atoms with Gasteiger partial charge in [0.25, 0.3) is 0 Å². The summed E-state index contributed by atoms with van der Waals surface area (Å²) in [6.45, 7) is 3.25. The van der Waals surface area contributed by atoms with E-state index in [4.69, 9.17) is 9.68 Å². The van der Waals surface area contributed by atoms with Crippen LogP contribution in [-0.4, -0.2) is 35.6 Å². The van der Waals surface area contributed by atoms with Gasteiger partial charge in [-0.2, -0.15) is 0 Å². The number of aryl methyl sites for hydroxylation is 1. The molecule has 2 aliphatic heterocycles. The van der Waals surface area contributed by atoms with Crippen LogP contribution >= 0.6 is 0 Å². The third-order valence-electron chi connectivity index (χ3n) is 5.09. The molecule has 4 rings (SSSR count). The van der Waals surface area contributed by atoms with Crippen molar-refractivity contribution in [3.05, 3.63) is 65.7 Å². The summed E-state index contributed by atoms with van der Waals surface area (Å²) >= 11 is 0. The summed E-state index contributed by atoms with van der Waals surface area (Å²) in [4.78, 5) is 23.3. The lowest BCUT2D eigenvalue weighted by Crippen LogP contribution is -2.45. The molecular weight excluding hydrogens is 342 g/mol. The monoisotopic (exact) mass is 365 g/mol. The third-order valence-corrected chi connectivity index (χ3v) is 5.09. The minimum Gasteiger partial charge on any atom is -0.388 e. The molecule has 140 valence electrons. The second-order valence-electron chi connectivity index (χ2n) is 7.15. The first kappa shape index (κ1) is 17.5. The molecule has 0 radical (unpaired) electrons. The number of anilines is 1. The summed E-state index contributed by atoms with van der Waals surface area (Å²) in [7, 11) is 0. The lowest BCUT2D eigenvalue weighted by atomic mass is 9.86. The second kappa shape index (κ2) is 7.40. The highest BCUT2D eigenvalue weighted by molar-refractivity contribution is 6.01. The molecule has 0 bridgehead atoms. The molecule has 0 atom stereocenters. The van der Waals surface area contributed by atoms with E-state index in [1.54, 1.807) is 5.06 Å². The molecule has 1 amide bonds. The van der Waals surface area contributed by atoms with Gasteiger partial charge in [0, 0.05) is 38.0 Å². The zero-order valence-corrected chi connectivity index (χ0v) is 15.4. The molecule has 2 aliphatic rings. The SMILES string of the molecule is Cc1ccc(NC(=O)ON2CCC3(CC2)CC(c2ccccc2)=NO3)cc1. The largest absolute Gasteiger partial charge is 0.430 e. The summed E-state index contributed by atoms with van der Waals surface area (Å²) in [6, 6.07) is 17.7. The van der Waals surface area contributed by atoms with E-state index in [-0.39, 0.29) is 5.60 Å². The second-order valence-corrected chi connectivity index (χ2v) is 7.15. The van der Waals surface area contributed by atoms with Gasteiger partial charge in [-0.3, -0.25) is 5.32 Å². The van der Waals surface area contributed by atoms with E-state index in [0.29, 0.717) is 13.1 Å². The average Bonchev–Trinajstić information content (AvgIpc) is 3.10. The minimum atomic E-state index is -0.469. The molecule has 27 heavy (non-hydrogen) atoms. The molecule has 1 spiro atoms. The molecule has 0 aliphatic carbocycles. The van der Waals surface area contributed by atoms with Crippen LogP contribution in [0.4, 0.5) is 10.5 Å². The molecule has 1 N–H and O–H groups in total. The van der Waals surface area contributed by atoms with Crippen molar-refractivity contribution in [1.82, 2.24) is 5.06 Å². The van der Waals surface area contributed by atoms with E-state index in [1.807, 2.05) is 49.4 Å². The maximum Gasteiger partial charge on any atom is 0.430 e. The Morgan fingerprint density at radius 3 is 2.52 bits per heavy atom. The van der Waals surface area contributed by atoms with Gasteiger partial charge in [0.05, 0.1) is 5.71 Å². The number of hydroxylamine groups is 2. The van der Waals surface area contributed by atoms with Crippen molar-refractivity contribution in [3.63, 3.8) is 0 Å². The van der Waals surface area contributed by atoms with Crippen LogP contribution in [0.2, 0.25) is 0 Å². The standard InChI is InChI=1S/C21H23N3O3/c1-16-7-9-18(10-8-16)22-20(25)26-24-13-11-21(12-14-24)15-19(23-27-21)17-5-3-2-4-6-17/h2-10H,11-15H2,1H3,(H,22,25). The number of oxime groups is 1. The van der Waals surface area contributed by atoms with Crippen LogP contribution in [0.3, 0.4) is 0 Å². The highest BCUT2D eigenvalue weighted by Gasteiger charge is 2.43. The normalized spacial score (nSPS) is 18.6. The number of amides is 1. The van der Waals surface area contributed by atoms with Crippen LogP contribution in [0.5, 0.6) is 0 Å². The molecule has 6 heteroatoms. The molecule has 1 saturated heterocycles. The summed E-state index contributed by atoms with van der Waals surface area (Å²) in [5, 5.41) is 8.75. The lowest BCUT2D eigenvalue weighted by Gasteiger charge is -2.35. The molecule has 2 aromatic rings. The first-order valence-electron chi connectivity index (χ1n) is 9.23. The minimum absolute atomic E-state index is 0.279. The van der Waals surface area contributed by atoms with Crippen molar-refractivity contribution in [3.8, 4) is 0 Å². The summed E-state index contributed by atoms with van der Waals surface area (Å²) in [5.74, 6) is 0. The molecule has 0 saturated carbocycles. The Hall–Kier alpha value is -2.86. The number of hydrogen-bond acceptors (Lipinski definition) is 5. The number of benzene rings is 2. The number of hydrogen-bond donors (Lipinski definition) is 1. The maximum atomic E-state index is 12.1. The van der Waals surface area contributed by atoms with Gasteiger partial charge in [-0.05, 0) is 24.6 Å². The topological polar surface area (TPSA) is 63.2 Å². The summed E-state index contributed by atoms with van der Waals surface area (Å²) in [6.07, 6.45) is 1.86. The van der Waals surface area contributed by atoms with Crippen molar-refractivity contribution in [2.24, 2.45) is 5.16 Å². The Bertz CT molecular complexity index is 826. The van der Waals surface area contributed by atoms with Gasteiger partial charge in [0.15, 0.2) is 0 Å². The number of piperidine rings is 1. The zero-order chi connectivity index (χ0) is 18.7. The number of carbonyl (C=O) groups is 1. The van der Waals surface area contributed by atoms with Gasteiger partial charge in [-0.1, -0.05) is 53.2 Å². The predicted octanol–water partition coefficient (Wildman–Crippen LogP) is 4.12. The number of carbonyl (C=O) groups excluding carboxylic acids is 1. The van der Waals surface area contributed by atoms with Crippen molar-refractivity contribution in [2.45, 2.75) is 31.8 Å². The quantitative estimate of drug-likeness (QED) is 0.889. The van der Waals surface area contributed by atoms with Crippen molar-refractivity contribution >= 4 is 17.5 Å². The highest BCUT2D eigenvalue weighted by atomic mass is 16.7. The Morgan fingerprint density at radius 2 is 1.81 bits per heavy atom. The van der Waals surface area contributed by atoms with E-state index < -0.39 is 6.09 Å². The Morgan fingerprint density at radius 1 is 1.11 bits per heavy atom. The first-order chi connectivity index (χ1) is 13.1. The van der Waals surface area contributed by atoms with Crippen LogP contribution in [0.15, 0.2) is 59.8 Å². The van der Waals surface area contributed by atoms with Crippen molar-refractivity contribution < 1.29 is 14.5 Å². The van der Waals surface area contributed by atoms with Gasteiger partial charge >= 0.3 is 6.09 Å². The fourth-order valence-corrected chi connectivity index (χ4v) is 3.45. The average molecular weight is 365 g/mol. The van der Waals surface area contributed by atoms with Crippen molar-refractivity contribution in [2.75, 3.05) is 18.4 Å². The van der Waals surface area contributed by atoms with E-state index in [9.17, 15) is 4.79 Å². The Balaban J connectivity index is 1.27. The van der Waals surface area contributed by atoms with Gasteiger partial charge in [0.1, 0.15) is 5.60 Å². The molecule has 2 aromatic carbocycles. The van der Waals surface area contributed by atoms with E-state index in [1.165, 1.54) is 0 Å². The van der Waals surface area contributed by atoms with Crippen LogP contribution < -0.4 is 5.32 Å². The predicted molar refractivity (Wildman–Crippen MR) is 104 cm³/mol. The lowest BCUT2D eigenvalue weighted by molar-refractivity contribution is -0.154. The third kappa shape index (κ3) is 4.11. The van der Waals surface area contributed by atoms with Crippen LogP contribution in [0, 0.1) is 6.92 Å². The van der Waals surface area contributed by atoms with Gasteiger partial charge in [0.2, 0.25) is 0 Å². The van der Waals surface area contributed by atoms with Crippen LogP contribution in [0.1, 0.15) is 30.4 Å². The number of rotatable bonds is 3. The fraction of sp³-hybridized carbons (Fsp3) is 0.333. The van der Waals surface area contributed by atoms with Gasteiger partial charge in [-0.15, -0.1) is 5.06 Å². The van der Waals surface area contributed by atoms with Crippen molar-refractivity contribution in [1.29, 1.82) is 0 Å². The molecule has 6 nitrogen and oxygen atoms in total. The Labute approximate surface area is 158 Å². The van der Waals surface area contributed by atoms with Crippen LogP contribution in [-0.2, 0) is 9.68 Å². The molecule has 0 unspecified atom stereocenters. The summed E-state index contributed by atoms with van der Waals surface area (Å²) in [5.41, 5.74) is 3.67.